The number of benzene rings is 1. The molecule has 7 heteroatoms. The average molecular weight is 549 g/mol. The van der Waals surface area contributed by atoms with Crippen LogP contribution in [0.25, 0.3) is 0 Å². The average Bonchev–Trinajstić information content (AvgIpc) is 3.24. The van der Waals surface area contributed by atoms with Gasteiger partial charge in [-0.2, -0.15) is 0 Å². The maximum Gasteiger partial charge on any atom is 0.251 e. The lowest BCUT2D eigenvalue weighted by atomic mass is 9.61. The van der Waals surface area contributed by atoms with Crippen LogP contribution < -0.4 is 5.32 Å². The van der Waals surface area contributed by atoms with Crippen molar-refractivity contribution in [2.45, 2.75) is 70.3 Å². The SMILES string of the molecule is CC1=C(CCCNC(=O)c2ccc(C(C)SSc3ccccn3)cc2)C2=C(C)C(C)(C)[C@@](C)(O)C(=O)C2=C1. The van der Waals surface area contributed by atoms with Gasteiger partial charge in [0.2, 0.25) is 0 Å². The number of allylic oxidation sites excluding steroid dienone is 4. The number of amides is 1. The van der Waals surface area contributed by atoms with E-state index in [0.717, 1.165) is 45.7 Å². The molecule has 2 aliphatic carbocycles. The predicted molar refractivity (Wildman–Crippen MR) is 157 cm³/mol. The summed E-state index contributed by atoms with van der Waals surface area (Å²) in [6.45, 7) is 12.2. The fourth-order valence-corrected chi connectivity index (χ4v) is 7.04. The van der Waals surface area contributed by atoms with Crippen LogP contribution in [0.1, 0.15) is 75.6 Å². The van der Waals surface area contributed by atoms with E-state index in [-0.39, 0.29) is 16.9 Å². The molecular formula is C31H36N2O3S2. The van der Waals surface area contributed by atoms with Crippen LogP contribution in [0.4, 0.5) is 0 Å². The van der Waals surface area contributed by atoms with Gasteiger partial charge in [-0.3, -0.25) is 9.59 Å². The molecule has 1 unspecified atom stereocenters. The molecule has 0 radical (unpaired) electrons. The Morgan fingerprint density at radius 2 is 1.82 bits per heavy atom. The van der Waals surface area contributed by atoms with Crippen LogP contribution >= 0.6 is 21.6 Å². The summed E-state index contributed by atoms with van der Waals surface area (Å²) in [6, 6.07) is 13.7. The van der Waals surface area contributed by atoms with Gasteiger partial charge in [0.1, 0.15) is 10.6 Å². The number of carbonyl (C=O) groups excluding carboxylic acids is 2. The number of hydrogen-bond donors (Lipinski definition) is 2. The smallest absolute Gasteiger partial charge is 0.251 e. The number of nitrogens with one attached hydrogen (secondary N) is 1. The Morgan fingerprint density at radius 1 is 1.11 bits per heavy atom. The van der Waals surface area contributed by atoms with E-state index in [2.05, 4.69) is 17.2 Å². The minimum Gasteiger partial charge on any atom is -0.381 e. The number of ketones is 1. The topological polar surface area (TPSA) is 79.3 Å². The number of Topliss-reactive ketones (excluding diaryl/α,β-unsaturated/α-hetero) is 1. The molecule has 2 N–H and O–H groups in total. The summed E-state index contributed by atoms with van der Waals surface area (Å²) >= 11 is 0. The molecule has 38 heavy (non-hydrogen) atoms. The summed E-state index contributed by atoms with van der Waals surface area (Å²) in [5, 5.41) is 15.2. The number of rotatable bonds is 9. The molecule has 2 atom stereocenters. The van der Waals surface area contributed by atoms with Gasteiger partial charge in [0.05, 0.1) is 0 Å². The standard InChI is InChI=1S/C31H36N2O3S2/c1-19-18-25-27(20(2)30(4,5)31(6,36)28(25)34)24(19)10-9-17-33-29(35)23-14-12-22(13-15-23)21(3)37-38-26-11-7-8-16-32-26/h7-8,11-16,18,21,36H,9-10,17H2,1-6H3,(H,33,35)/t21?,31-/m0/s1. The summed E-state index contributed by atoms with van der Waals surface area (Å²) in [6.07, 6.45) is 5.22. The number of aromatic nitrogens is 1. The highest BCUT2D eigenvalue weighted by Crippen LogP contribution is 2.52. The molecule has 200 valence electrons. The molecule has 0 spiro atoms. The number of nitrogens with zero attached hydrogens (tertiary/aromatic N) is 1. The molecule has 1 amide bonds. The van der Waals surface area contributed by atoms with Crippen molar-refractivity contribution in [2.24, 2.45) is 5.41 Å². The zero-order valence-corrected chi connectivity index (χ0v) is 24.6. The van der Waals surface area contributed by atoms with Crippen molar-refractivity contribution >= 4 is 33.3 Å². The predicted octanol–water partition coefficient (Wildman–Crippen LogP) is 7.03. The van der Waals surface area contributed by atoms with Crippen LogP contribution in [0.15, 0.2) is 87.6 Å². The van der Waals surface area contributed by atoms with Crippen molar-refractivity contribution in [3.05, 3.63) is 93.7 Å². The second-order valence-corrected chi connectivity index (χ2v) is 13.3. The molecule has 1 heterocycles. The van der Waals surface area contributed by atoms with E-state index in [4.69, 9.17) is 0 Å². The minimum atomic E-state index is -1.43. The number of hydrogen-bond acceptors (Lipinski definition) is 6. The lowest BCUT2D eigenvalue weighted by Gasteiger charge is -2.45. The molecule has 1 aromatic carbocycles. The van der Waals surface area contributed by atoms with E-state index in [9.17, 15) is 14.7 Å². The largest absolute Gasteiger partial charge is 0.381 e. The maximum absolute atomic E-state index is 13.1. The summed E-state index contributed by atoms with van der Waals surface area (Å²) in [5.74, 6) is -0.298. The van der Waals surface area contributed by atoms with Crippen LogP contribution in [0.3, 0.4) is 0 Å². The Morgan fingerprint density at radius 3 is 2.47 bits per heavy atom. The van der Waals surface area contributed by atoms with Crippen molar-refractivity contribution < 1.29 is 14.7 Å². The summed E-state index contributed by atoms with van der Waals surface area (Å²) in [7, 11) is 3.39. The summed E-state index contributed by atoms with van der Waals surface area (Å²) < 4.78 is 0. The van der Waals surface area contributed by atoms with Crippen molar-refractivity contribution in [1.29, 1.82) is 0 Å². The minimum absolute atomic E-state index is 0.0870. The Labute approximate surface area is 233 Å². The molecule has 2 aliphatic rings. The Hall–Kier alpha value is -2.61. The lowest BCUT2D eigenvalue weighted by molar-refractivity contribution is -0.141. The van der Waals surface area contributed by atoms with E-state index in [1.807, 2.05) is 76.2 Å². The van der Waals surface area contributed by atoms with Gasteiger partial charge >= 0.3 is 0 Å². The first-order chi connectivity index (χ1) is 17.9. The van der Waals surface area contributed by atoms with E-state index in [0.29, 0.717) is 17.7 Å². The Bertz CT molecular complexity index is 1320. The van der Waals surface area contributed by atoms with Gasteiger partial charge in [-0.25, -0.2) is 4.98 Å². The molecule has 0 fully saturated rings. The number of pyridine rings is 1. The van der Waals surface area contributed by atoms with Crippen molar-refractivity contribution in [1.82, 2.24) is 10.3 Å². The normalized spacial score (nSPS) is 21.3. The van der Waals surface area contributed by atoms with Gasteiger partial charge in [-0.05, 0) is 104 Å². The first-order valence-electron chi connectivity index (χ1n) is 13.0. The van der Waals surface area contributed by atoms with Gasteiger partial charge in [0.15, 0.2) is 5.78 Å². The van der Waals surface area contributed by atoms with Gasteiger partial charge in [-0.15, -0.1) is 0 Å². The lowest BCUT2D eigenvalue weighted by Crippen LogP contribution is -2.53. The van der Waals surface area contributed by atoms with Gasteiger partial charge < -0.3 is 10.4 Å². The molecule has 5 nitrogen and oxygen atoms in total. The van der Waals surface area contributed by atoms with E-state index >= 15 is 0 Å². The molecular weight excluding hydrogens is 512 g/mol. The van der Waals surface area contributed by atoms with Crippen LogP contribution in [0, 0.1) is 5.41 Å². The molecule has 0 saturated heterocycles. The van der Waals surface area contributed by atoms with Gasteiger partial charge in [0, 0.05) is 34.5 Å². The van der Waals surface area contributed by atoms with Crippen molar-refractivity contribution in [3.63, 3.8) is 0 Å². The first kappa shape index (κ1) is 28.4. The van der Waals surface area contributed by atoms with E-state index in [1.54, 1.807) is 34.7 Å². The Kier molecular flexibility index (Phi) is 8.40. The molecule has 4 rings (SSSR count). The quantitative estimate of drug-likeness (QED) is 0.259. The van der Waals surface area contributed by atoms with Crippen LogP contribution in [0.2, 0.25) is 0 Å². The number of aliphatic hydroxyl groups is 1. The number of fused-ring (bicyclic) bond motifs is 1. The molecule has 2 aromatic rings. The first-order valence-corrected chi connectivity index (χ1v) is 15.2. The summed E-state index contributed by atoms with van der Waals surface area (Å²) in [5.41, 5.74) is 4.57. The highest BCUT2D eigenvalue weighted by atomic mass is 33.1. The van der Waals surface area contributed by atoms with Crippen LogP contribution in [-0.4, -0.2) is 33.9 Å². The van der Waals surface area contributed by atoms with Crippen molar-refractivity contribution in [2.75, 3.05) is 6.54 Å². The number of carbonyl (C=O) groups is 2. The third kappa shape index (κ3) is 5.42. The second-order valence-electron chi connectivity index (χ2n) is 10.7. The highest BCUT2D eigenvalue weighted by molar-refractivity contribution is 8.76. The molecule has 1 aromatic heterocycles. The third-order valence-corrected chi connectivity index (χ3v) is 10.8. The fraction of sp³-hybridized carbons (Fsp3) is 0.387. The van der Waals surface area contributed by atoms with Crippen LogP contribution in [0.5, 0.6) is 0 Å². The Balaban J connectivity index is 1.30. The maximum atomic E-state index is 13.1. The zero-order chi connectivity index (χ0) is 27.7. The zero-order valence-electron chi connectivity index (χ0n) is 22.9. The molecule has 0 bridgehead atoms. The highest BCUT2D eigenvalue weighted by Gasteiger charge is 2.53. The summed E-state index contributed by atoms with van der Waals surface area (Å²) in [4.78, 5) is 30.2. The second kappa shape index (κ2) is 11.2. The van der Waals surface area contributed by atoms with Gasteiger partial charge in [0.25, 0.3) is 5.91 Å². The van der Waals surface area contributed by atoms with Gasteiger partial charge in [-0.1, -0.05) is 48.4 Å². The van der Waals surface area contributed by atoms with E-state index in [1.165, 1.54) is 0 Å². The van der Waals surface area contributed by atoms with Crippen LogP contribution in [-0.2, 0) is 4.79 Å². The monoisotopic (exact) mass is 548 g/mol. The third-order valence-electron chi connectivity index (χ3n) is 8.07. The molecule has 0 saturated carbocycles. The fourth-order valence-electron chi connectivity index (χ4n) is 4.94. The van der Waals surface area contributed by atoms with E-state index < -0.39 is 11.0 Å². The van der Waals surface area contributed by atoms with Crippen molar-refractivity contribution in [3.8, 4) is 0 Å². The molecule has 0 aliphatic heterocycles.